The van der Waals surface area contributed by atoms with Crippen molar-refractivity contribution in [2.45, 2.75) is 13.5 Å². The second-order valence-electron chi connectivity index (χ2n) is 5.11. The van der Waals surface area contributed by atoms with Crippen LogP contribution in [0, 0.1) is 6.92 Å². The van der Waals surface area contributed by atoms with E-state index < -0.39 is 0 Å². The van der Waals surface area contributed by atoms with Gasteiger partial charge in [0.25, 0.3) is 0 Å². The summed E-state index contributed by atoms with van der Waals surface area (Å²) < 4.78 is 10.9. The first-order valence-electron chi connectivity index (χ1n) is 7.36. The van der Waals surface area contributed by atoms with E-state index in [0.29, 0.717) is 19.0 Å². The molecular formula is C17H18N4O2. The lowest BCUT2D eigenvalue weighted by atomic mass is 10.2. The van der Waals surface area contributed by atoms with Crippen molar-refractivity contribution < 1.29 is 9.47 Å². The molecule has 0 bridgehead atoms. The Morgan fingerprint density at radius 3 is 2.70 bits per heavy atom. The number of tetrazole rings is 1. The normalized spacial score (nSPS) is 10.5. The van der Waals surface area contributed by atoms with Gasteiger partial charge in [-0.3, -0.25) is 0 Å². The molecule has 2 aromatic carbocycles. The third-order valence-electron chi connectivity index (χ3n) is 3.33. The smallest absolute Gasteiger partial charge is 0.205 e. The quantitative estimate of drug-likeness (QED) is 0.700. The highest BCUT2D eigenvalue weighted by Crippen LogP contribution is 2.19. The summed E-state index contributed by atoms with van der Waals surface area (Å²) in [7, 11) is 1.63. The molecule has 6 heteroatoms. The Bertz CT molecular complexity index is 786. The third kappa shape index (κ3) is 3.85. The molecule has 0 aliphatic carbocycles. The predicted octanol–water partition coefficient (Wildman–Crippen LogP) is 2.74. The van der Waals surface area contributed by atoms with Crippen LogP contribution >= 0.6 is 0 Å². The van der Waals surface area contributed by atoms with E-state index in [-0.39, 0.29) is 0 Å². The van der Waals surface area contributed by atoms with Crippen molar-refractivity contribution in [3.05, 3.63) is 54.1 Å². The minimum Gasteiger partial charge on any atom is -0.497 e. The van der Waals surface area contributed by atoms with Crippen LogP contribution in [-0.2, 0) is 6.54 Å². The van der Waals surface area contributed by atoms with Crippen LogP contribution in [0.15, 0.2) is 48.5 Å². The fourth-order valence-electron chi connectivity index (χ4n) is 2.17. The Morgan fingerprint density at radius 1 is 1.04 bits per heavy atom. The standard InChI is InChI=1S/C17H18N4O2/c1-13-5-3-8-16(11-13)23-10-9-21-19-17(18-20-21)14-6-4-7-15(12-14)22-2/h3-8,11-12H,9-10H2,1-2H3. The van der Waals surface area contributed by atoms with Gasteiger partial charge in [-0.25, -0.2) is 0 Å². The zero-order valence-electron chi connectivity index (χ0n) is 13.1. The molecular weight excluding hydrogens is 292 g/mol. The van der Waals surface area contributed by atoms with Crippen molar-refractivity contribution in [1.82, 2.24) is 20.2 Å². The summed E-state index contributed by atoms with van der Waals surface area (Å²) in [5.74, 6) is 2.18. The van der Waals surface area contributed by atoms with E-state index in [4.69, 9.17) is 9.47 Å². The Balaban J connectivity index is 1.61. The summed E-state index contributed by atoms with van der Waals surface area (Å²) in [5, 5.41) is 12.5. The van der Waals surface area contributed by atoms with Crippen LogP contribution in [0.3, 0.4) is 0 Å². The Morgan fingerprint density at radius 2 is 1.87 bits per heavy atom. The average Bonchev–Trinajstić information content (AvgIpc) is 3.04. The van der Waals surface area contributed by atoms with Crippen LogP contribution in [0.4, 0.5) is 0 Å². The molecule has 0 atom stereocenters. The van der Waals surface area contributed by atoms with Crippen molar-refractivity contribution in [2.75, 3.05) is 13.7 Å². The molecule has 0 amide bonds. The van der Waals surface area contributed by atoms with E-state index in [1.807, 2.05) is 55.5 Å². The van der Waals surface area contributed by atoms with Crippen LogP contribution in [0.2, 0.25) is 0 Å². The van der Waals surface area contributed by atoms with E-state index in [1.165, 1.54) is 10.4 Å². The first kappa shape index (κ1) is 15.0. The lowest BCUT2D eigenvalue weighted by Gasteiger charge is -2.05. The summed E-state index contributed by atoms with van der Waals surface area (Å²) in [4.78, 5) is 1.53. The molecule has 0 aliphatic heterocycles. The molecule has 0 fully saturated rings. The zero-order valence-corrected chi connectivity index (χ0v) is 13.1. The number of rotatable bonds is 6. The molecule has 1 aromatic heterocycles. The van der Waals surface area contributed by atoms with Crippen LogP contribution in [0.5, 0.6) is 11.5 Å². The average molecular weight is 310 g/mol. The summed E-state index contributed by atoms with van der Waals surface area (Å²) in [5.41, 5.74) is 2.04. The molecule has 6 nitrogen and oxygen atoms in total. The molecule has 0 spiro atoms. The Hall–Kier alpha value is -2.89. The first-order valence-corrected chi connectivity index (χ1v) is 7.36. The van der Waals surface area contributed by atoms with Gasteiger partial charge >= 0.3 is 0 Å². The number of benzene rings is 2. The molecule has 0 N–H and O–H groups in total. The van der Waals surface area contributed by atoms with Gasteiger partial charge in [0.15, 0.2) is 0 Å². The highest BCUT2D eigenvalue weighted by atomic mass is 16.5. The minimum absolute atomic E-state index is 0.483. The number of aromatic nitrogens is 4. The summed E-state index contributed by atoms with van der Waals surface area (Å²) in [6.45, 7) is 3.05. The van der Waals surface area contributed by atoms with Gasteiger partial charge < -0.3 is 9.47 Å². The van der Waals surface area contributed by atoms with Gasteiger partial charge in [0.05, 0.1) is 13.7 Å². The lowest BCUT2D eigenvalue weighted by molar-refractivity contribution is 0.280. The van der Waals surface area contributed by atoms with Gasteiger partial charge in [-0.15, -0.1) is 10.2 Å². The first-order chi connectivity index (χ1) is 11.2. The number of ether oxygens (including phenoxy) is 2. The maximum atomic E-state index is 5.69. The van der Waals surface area contributed by atoms with Crippen LogP contribution < -0.4 is 9.47 Å². The summed E-state index contributed by atoms with van der Waals surface area (Å²) >= 11 is 0. The number of nitrogens with zero attached hydrogens (tertiary/aromatic N) is 4. The van der Waals surface area contributed by atoms with E-state index in [1.54, 1.807) is 7.11 Å². The topological polar surface area (TPSA) is 62.1 Å². The van der Waals surface area contributed by atoms with E-state index in [2.05, 4.69) is 15.4 Å². The predicted molar refractivity (Wildman–Crippen MR) is 86.5 cm³/mol. The molecule has 0 aliphatic rings. The number of methoxy groups -OCH3 is 1. The second kappa shape index (κ2) is 6.91. The molecule has 3 rings (SSSR count). The van der Waals surface area contributed by atoms with Crippen molar-refractivity contribution in [2.24, 2.45) is 0 Å². The van der Waals surface area contributed by atoms with Gasteiger partial charge in [-0.05, 0) is 42.0 Å². The van der Waals surface area contributed by atoms with Crippen LogP contribution in [-0.4, -0.2) is 33.9 Å². The van der Waals surface area contributed by atoms with Crippen molar-refractivity contribution in [1.29, 1.82) is 0 Å². The minimum atomic E-state index is 0.483. The van der Waals surface area contributed by atoms with Crippen molar-refractivity contribution in [3.63, 3.8) is 0 Å². The van der Waals surface area contributed by atoms with Crippen LogP contribution in [0.1, 0.15) is 5.56 Å². The fourth-order valence-corrected chi connectivity index (χ4v) is 2.17. The number of aryl methyl sites for hydroxylation is 1. The molecule has 0 unspecified atom stereocenters. The van der Waals surface area contributed by atoms with Gasteiger partial charge in [-0.2, -0.15) is 4.80 Å². The molecule has 3 aromatic rings. The van der Waals surface area contributed by atoms with E-state index in [9.17, 15) is 0 Å². The highest BCUT2D eigenvalue weighted by molar-refractivity contribution is 5.56. The molecule has 1 heterocycles. The maximum absolute atomic E-state index is 5.69. The fraction of sp³-hybridized carbons (Fsp3) is 0.235. The molecule has 0 saturated carbocycles. The van der Waals surface area contributed by atoms with Crippen molar-refractivity contribution >= 4 is 0 Å². The SMILES string of the molecule is COc1cccc(-c2nnn(CCOc3cccc(C)c3)n2)c1. The molecule has 0 radical (unpaired) electrons. The largest absolute Gasteiger partial charge is 0.497 e. The van der Waals surface area contributed by atoms with Crippen molar-refractivity contribution in [3.8, 4) is 22.9 Å². The molecule has 0 saturated heterocycles. The van der Waals surface area contributed by atoms with Crippen LogP contribution in [0.25, 0.3) is 11.4 Å². The van der Waals surface area contributed by atoms with Gasteiger partial charge in [0.2, 0.25) is 5.82 Å². The van der Waals surface area contributed by atoms with Gasteiger partial charge in [0.1, 0.15) is 18.1 Å². The highest BCUT2D eigenvalue weighted by Gasteiger charge is 2.07. The molecule has 118 valence electrons. The lowest BCUT2D eigenvalue weighted by Crippen LogP contribution is -2.11. The maximum Gasteiger partial charge on any atom is 0.205 e. The van der Waals surface area contributed by atoms with Gasteiger partial charge in [-0.1, -0.05) is 24.3 Å². The monoisotopic (exact) mass is 310 g/mol. The Labute approximate surface area is 134 Å². The van der Waals surface area contributed by atoms with E-state index >= 15 is 0 Å². The Kier molecular flexibility index (Phi) is 4.52. The zero-order chi connectivity index (χ0) is 16.1. The molecule has 23 heavy (non-hydrogen) atoms. The van der Waals surface area contributed by atoms with E-state index in [0.717, 1.165) is 17.1 Å². The number of hydrogen-bond donors (Lipinski definition) is 0. The third-order valence-corrected chi connectivity index (χ3v) is 3.33. The summed E-state index contributed by atoms with van der Waals surface area (Å²) in [6, 6.07) is 15.5. The second-order valence-corrected chi connectivity index (χ2v) is 5.11. The number of hydrogen-bond acceptors (Lipinski definition) is 5. The summed E-state index contributed by atoms with van der Waals surface area (Å²) in [6.07, 6.45) is 0. The van der Waals surface area contributed by atoms with Gasteiger partial charge in [0, 0.05) is 5.56 Å².